The molecule has 0 fully saturated rings. The Labute approximate surface area is 85.4 Å². The highest BCUT2D eigenvalue weighted by molar-refractivity contribution is 5.85. The third-order valence-corrected chi connectivity index (χ3v) is 1.93. The smallest absolute Gasteiger partial charge is 0.374 e. The topological polar surface area (TPSA) is 76.2 Å². The molecule has 0 saturated carbocycles. The van der Waals surface area contributed by atoms with Gasteiger partial charge in [0.05, 0.1) is 0 Å². The van der Waals surface area contributed by atoms with Gasteiger partial charge in [-0.15, -0.1) is 0 Å². The average Bonchev–Trinajstić information content (AvgIpc) is 2.68. The van der Waals surface area contributed by atoms with Crippen LogP contribution in [0.15, 0.2) is 28.9 Å². The molecule has 0 spiro atoms. The Kier molecular flexibility index (Phi) is 2.21. The van der Waals surface area contributed by atoms with Gasteiger partial charge in [-0.2, -0.15) is 0 Å². The summed E-state index contributed by atoms with van der Waals surface area (Å²) in [6.07, 6.45) is 1.62. The van der Waals surface area contributed by atoms with E-state index in [2.05, 4.69) is 14.7 Å². The van der Waals surface area contributed by atoms with Crippen molar-refractivity contribution in [2.75, 3.05) is 0 Å². The fraction of sp³-hybridized carbons (Fsp3) is 0.100. The molecule has 2 aromatic rings. The number of carbonyl (C=O) groups is 1. The summed E-state index contributed by atoms with van der Waals surface area (Å²) < 4.78 is 4.63. The number of aryl methyl sites for hydroxylation is 1. The number of aromatic carboxylic acids is 1. The summed E-state index contributed by atoms with van der Waals surface area (Å²) in [4.78, 5) is 14.6. The lowest BCUT2D eigenvalue weighted by Crippen LogP contribution is -1.91. The Morgan fingerprint density at radius 3 is 2.80 bits per heavy atom. The third-order valence-electron chi connectivity index (χ3n) is 1.93. The van der Waals surface area contributed by atoms with Gasteiger partial charge in [0.15, 0.2) is 0 Å². The van der Waals surface area contributed by atoms with Crippen LogP contribution in [0.25, 0.3) is 11.3 Å². The Morgan fingerprint density at radius 1 is 1.47 bits per heavy atom. The largest absolute Gasteiger partial charge is 0.475 e. The number of aromatic nitrogens is 2. The predicted molar refractivity (Wildman–Crippen MR) is 51.4 cm³/mol. The van der Waals surface area contributed by atoms with Gasteiger partial charge in [-0.1, -0.05) is 5.16 Å². The summed E-state index contributed by atoms with van der Waals surface area (Å²) in [6, 6.07) is 5.00. The Bertz CT molecular complexity index is 488. The standard InChI is InChI=1S/C10H8N2O3/c1-6-2-3-7(5-11-6)8-4-9(10(13)14)15-12-8/h2-5H,1H3,(H,13,14). The Morgan fingerprint density at radius 2 is 2.27 bits per heavy atom. The third kappa shape index (κ3) is 1.85. The second-order valence-corrected chi connectivity index (χ2v) is 3.07. The van der Waals surface area contributed by atoms with Gasteiger partial charge in [0.2, 0.25) is 5.76 Å². The van der Waals surface area contributed by atoms with Crippen LogP contribution in [0.2, 0.25) is 0 Å². The van der Waals surface area contributed by atoms with Gasteiger partial charge in [0.25, 0.3) is 0 Å². The molecule has 0 saturated heterocycles. The zero-order valence-corrected chi connectivity index (χ0v) is 7.97. The number of nitrogens with zero attached hydrogens (tertiary/aromatic N) is 2. The number of carboxylic acid groups (broad SMARTS) is 1. The summed E-state index contributed by atoms with van der Waals surface area (Å²) in [7, 11) is 0. The van der Waals surface area contributed by atoms with Crippen molar-refractivity contribution in [2.24, 2.45) is 0 Å². The van der Waals surface area contributed by atoms with Crippen LogP contribution in [0.5, 0.6) is 0 Å². The molecule has 2 rings (SSSR count). The van der Waals surface area contributed by atoms with Crippen LogP contribution in [0.4, 0.5) is 0 Å². The molecule has 15 heavy (non-hydrogen) atoms. The van der Waals surface area contributed by atoms with Crippen LogP contribution in [-0.2, 0) is 0 Å². The summed E-state index contributed by atoms with van der Waals surface area (Å²) in [5.41, 5.74) is 2.09. The molecular weight excluding hydrogens is 196 g/mol. The summed E-state index contributed by atoms with van der Waals surface area (Å²) in [5.74, 6) is -1.31. The molecule has 2 aromatic heterocycles. The van der Waals surface area contributed by atoms with E-state index in [9.17, 15) is 4.79 Å². The average molecular weight is 204 g/mol. The van der Waals surface area contributed by atoms with Crippen LogP contribution in [0, 0.1) is 6.92 Å². The van der Waals surface area contributed by atoms with Crippen LogP contribution in [-0.4, -0.2) is 21.2 Å². The molecule has 76 valence electrons. The van der Waals surface area contributed by atoms with Crippen molar-refractivity contribution < 1.29 is 14.4 Å². The van der Waals surface area contributed by atoms with E-state index in [1.165, 1.54) is 6.07 Å². The maximum absolute atomic E-state index is 10.6. The van der Waals surface area contributed by atoms with Crippen LogP contribution in [0.1, 0.15) is 16.2 Å². The van der Waals surface area contributed by atoms with Gasteiger partial charge in [0.1, 0.15) is 5.69 Å². The fourth-order valence-corrected chi connectivity index (χ4v) is 1.13. The monoisotopic (exact) mass is 204 g/mol. The Balaban J connectivity index is 2.37. The minimum absolute atomic E-state index is 0.175. The summed E-state index contributed by atoms with van der Waals surface area (Å²) in [6.45, 7) is 1.87. The molecule has 0 radical (unpaired) electrons. The molecule has 1 N–H and O–H groups in total. The zero-order valence-electron chi connectivity index (χ0n) is 7.97. The molecule has 0 amide bonds. The first-order chi connectivity index (χ1) is 7.16. The molecule has 2 heterocycles. The highest BCUT2D eigenvalue weighted by Gasteiger charge is 2.12. The molecule has 5 nitrogen and oxygen atoms in total. The lowest BCUT2D eigenvalue weighted by molar-refractivity contribution is 0.0652. The summed E-state index contributed by atoms with van der Waals surface area (Å²) >= 11 is 0. The zero-order chi connectivity index (χ0) is 10.8. The molecule has 0 aliphatic carbocycles. The maximum Gasteiger partial charge on any atom is 0.374 e. The van der Waals surface area contributed by atoms with Gasteiger partial charge in [-0.3, -0.25) is 4.98 Å². The number of hydrogen-bond acceptors (Lipinski definition) is 4. The second-order valence-electron chi connectivity index (χ2n) is 3.07. The van der Waals surface area contributed by atoms with Crippen molar-refractivity contribution in [3.63, 3.8) is 0 Å². The van der Waals surface area contributed by atoms with Crippen molar-refractivity contribution >= 4 is 5.97 Å². The van der Waals surface area contributed by atoms with Gasteiger partial charge in [-0.05, 0) is 19.1 Å². The number of hydrogen-bond donors (Lipinski definition) is 1. The van der Waals surface area contributed by atoms with E-state index in [1.807, 2.05) is 19.1 Å². The quantitative estimate of drug-likeness (QED) is 0.806. The van der Waals surface area contributed by atoms with Gasteiger partial charge in [0, 0.05) is 23.5 Å². The molecule has 0 aromatic carbocycles. The van der Waals surface area contributed by atoms with Crippen molar-refractivity contribution in [1.29, 1.82) is 0 Å². The van der Waals surface area contributed by atoms with Crippen molar-refractivity contribution in [3.05, 3.63) is 35.9 Å². The van der Waals surface area contributed by atoms with E-state index in [4.69, 9.17) is 5.11 Å². The summed E-state index contributed by atoms with van der Waals surface area (Å²) in [5, 5.41) is 12.3. The molecule has 0 atom stereocenters. The molecule has 0 aliphatic rings. The van der Waals surface area contributed by atoms with Crippen LogP contribution < -0.4 is 0 Å². The molecule has 5 heteroatoms. The molecule has 0 bridgehead atoms. The lowest BCUT2D eigenvalue weighted by atomic mass is 10.2. The van der Waals surface area contributed by atoms with E-state index in [-0.39, 0.29) is 5.76 Å². The highest BCUT2D eigenvalue weighted by atomic mass is 16.5. The van der Waals surface area contributed by atoms with Gasteiger partial charge < -0.3 is 9.63 Å². The van der Waals surface area contributed by atoms with Gasteiger partial charge >= 0.3 is 5.97 Å². The first-order valence-corrected chi connectivity index (χ1v) is 4.30. The first-order valence-electron chi connectivity index (χ1n) is 4.30. The molecule has 0 aliphatic heterocycles. The predicted octanol–water partition coefficient (Wildman–Crippen LogP) is 1.74. The van der Waals surface area contributed by atoms with E-state index in [1.54, 1.807) is 6.20 Å². The second kappa shape index (κ2) is 3.53. The van der Waals surface area contributed by atoms with Crippen LogP contribution in [0.3, 0.4) is 0 Å². The van der Waals surface area contributed by atoms with Crippen molar-refractivity contribution in [3.8, 4) is 11.3 Å². The molecule has 0 unspecified atom stereocenters. The van der Waals surface area contributed by atoms with Gasteiger partial charge in [-0.25, -0.2) is 4.79 Å². The normalized spacial score (nSPS) is 10.2. The number of pyridine rings is 1. The Hall–Kier alpha value is -2.17. The number of carboxylic acids is 1. The first kappa shape index (κ1) is 9.39. The van der Waals surface area contributed by atoms with E-state index in [0.717, 1.165) is 11.3 Å². The van der Waals surface area contributed by atoms with Crippen molar-refractivity contribution in [2.45, 2.75) is 6.92 Å². The minimum atomic E-state index is -1.13. The maximum atomic E-state index is 10.6. The highest BCUT2D eigenvalue weighted by Crippen LogP contribution is 2.18. The van der Waals surface area contributed by atoms with Crippen LogP contribution >= 0.6 is 0 Å². The minimum Gasteiger partial charge on any atom is -0.475 e. The lowest BCUT2D eigenvalue weighted by Gasteiger charge is -1.94. The fourth-order valence-electron chi connectivity index (χ4n) is 1.13. The number of rotatable bonds is 2. The van der Waals surface area contributed by atoms with Crippen molar-refractivity contribution in [1.82, 2.24) is 10.1 Å². The van der Waals surface area contributed by atoms with E-state index in [0.29, 0.717) is 5.69 Å². The SMILES string of the molecule is Cc1ccc(-c2cc(C(=O)O)on2)cn1. The van der Waals surface area contributed by atoms with E-state index < -0.39 is 5.97 Å². The van der Waals surface area contributed by atoms with E-state index >= 15 is 0 Å². The molecular formula is C10H8N2O3.